The van der Waals surface area contributed by atoms with Gasteiger partial charge < -0.3 is 15.0 Å². The third kappa shape index (κ3) is 4.70. The molecule has 6 nitrogen and oxygen atoms in total. The van der Waals surface area contributed by atoms with E-state index >= 15 is 0 Å². The van der Waals surface area contributed by atoms with E-state index in [9.17, 15) is 19.5 Å². The van der Waals surface area contributed by atoms with Gasteiger partial charge in [0.1, 0.15) is 5.54 Å². The van der Waals surface area contributed by atoms with Crippen molar-refractivity contribution in [1.82, 2.24) is 9.88 Å². The molecular formula is C14H22N2O4S. The lowest BCUT2D eigenvalue weighted by Gasteiger charge is -2.25. The number of carboxylic acids is 1. The van der Waals surface area contributed by atoms with Crippen molar-refractivity contribution in [2.45, 2.75) is 58.5 Å². The summed E-state index contributed by atoms with van der Waals surface area (Å²) < 4.78 is 1.63. The van der Waals surface area contributed by atoms with Crippen LogP contribution in [0.5, 0.6) is 0 Å². The zero-order chi connectivity index (χ0) is 16.0. The lowest BCUT2D eigenvalue weighted by Crippen LogP contribution is -2.52. The standard InChI is InChI=1S/C14H22N2O4S/c1-4-7-14(3,12(18)19)15-11(17)6-5-8-16-10(2)9-21-13(16)20/h9H,4-8H2,1-3H3,(H,15,17)(H,18,19). The van der Waals surface area contributed by atoms with Crippen LogP contribution in [0, 0.1) is 6.92 Å². The summed E-state index contributed by atoms with van der Waals surface area (Å²) in [7, 11) is 0. The molecule has 1 aromatic rings. The topological polar surface area (TPSA) is 88.4 Å². The predicted molar refractivity (Wildman–Crippen MR) is 81.6 cm³/mol. The molecule has 7 heteroatoms. The Morgan fingerprint density at radius 1 is 1.48 bits per heavy atom. The van der Waals surface area contributed by atoms with E-state index < -0.39 is 11.5 Å². The molecule has 1 rings (SSSR count). The number of rotatable bonds is 8. The molecule has 0 bridgehead atoms. The van der Waals surface area contributed by atoms with Crippen LogP contribution in [0.15, 0.2) is 10.2 Å². The molecule has 0 aliphatic heterocycles. The third-order valence-corrected chi connectivity index (χ3v) is 4.28. The highest BCUT2D eigenvalue weighted by Gasteiger charge is 2.33. The minimum absolute atomic E-state index is 0.0331. The lowest BCUT2D eigenvalue weighted by molar-refractivity contribution is -0.147. The van der Waals surface area contributed by atoms with Gasteiger partial charge in [-0.25, -0.2) is 4.79 Å². The van der Waals surface area contributed by atoms with Gasteiger partial charge in [-0.2, -0.15) is 0 Å². The fraction of sp³-hybridized carbons (Fsp3) is 0.643. The maximum atomic E-state index is 11.9. The second kappa shape index (κ2) is 7.40. The molecule has 0 spiro atoms. The molecule has 0 aliphatic carbocycles. The molecule has 0 fully saturated rings. The summed E-state index contributed by atoms with van der Waals surface area (Å²) >= 11 is 1.14. The van der Waals surface area contributed by atoms with Gasteiger partial charge >= 0.3 is 10.8 Å². The van der Waals surface area contributed by atoms with Crippen LogP contribution in [0.4, 0.5) is 0 Å². The number of aromatic nitrogens is 1. The number of aryl methyl sites for hydroxylation is 1. The molecule has 1 amide bonds. The highest BCUT2D eigenvalue weighted by Crippen LogP contribution is 2.13. The van der Waals surface area contributed by atoms with E-state index in [1.54, 1.807) is 9.95 Å². The van der Waals surface area contributed by atoms with Gasteiger partial charge in [-0.15, -0.1) is 0 Å². The minimum Gasteiger partial charge on any atom is -0.480 e. The smallest absolute Gasteiger partial charge is 0.329 e. The molecule has 0 saturated heterocycles. The normalized spacial score (nSPS) is 13.7. The van der Waals surface area contributed by atoms with Crippen molar-refractivity contribution in [2.75, 3.05) is 0 Å². The number of carbonyl (C=O) groups is 2. The first-order chi connectivity index (χ1) is 9.80. The predicted octanol–water partition coefficient (Wildman–Crippen LogP) is 1.76. The molecule has 1 aromatic heterocycles. The van der Waals surface area contributed by atoms with Gasteiger partial charge in [0, 0.05) is 24.0 Å². The summed E-state index contributed by atoms with van der Waals surface area (Å²) in [6, 6.07) is 0. The Hall–Kier alpha value is -1.63. The Labute approximate surface area is 127 Å². The van der Waals surface area contributed by atoms with Crippen LogP contribution in [0.3, 0.4) is 0 Å². The van der Waals surface area contributed by atoms with Crippen molar-refractivity contribution in [3.05, 3.63) is 20.7 Å². The highest BCUT2D eigenvalue weighted by atomic mass is 32.1. The van der Waals surface area contributed by atoms with Crippen molar-refractivity contribution in [1.29, 1.82) is 0 Å². The molecule has 1 atom stereocenters. The van der Waals surface area contributed by atoms with Gasteiger partial charge in [-0.1, -0.05) is 24.7 Å². The Kier molecular flexibility index (Phi) is 6.14. The van der Waals surface area contributed by atoms with E-state index in [0.717, 1.165) is 17.0 Å². The maximum Gasteiger partial charge on any atom is 0.329 e. The second-order valence-corrected chi connectivity index (χ2v) is 6.15. The van der Waals surface area contributed by atoms with Crippen molar-refractivity contribution in [3.8, 4) is 0 Å². The van der Waals surface area contributed by atoms with E-state index in [2.05, 4.69) is 5.32 Å². The van der Waals surface area contributed by atoms with E-state index in [0.29, 0.717) is 25.8 Å². The average Bonchev–Trinajstić information content (AvgIpc) is 2.70. The van der Waals surface area contributed by atoms with Crippen LogP contribution in [-0.4, -0.2) is 27.1 Å². The molecular weight excluding hydrogens is 292 g/mol. The van der Waals surface area contributed by atoms with Gasteiger partial charge in [0.2, 0.25) is 5.91 Å². The summed E-state index contributed by atoms with van der Waals surface area (Å²) in [6.45, 7) is 5.71. The first-order valence-electron chi connectivity index (χ1n) is 6.99. The van der Waals surface area contributed by atoms with E-state index in [1.807, 2.05) is 13.8 Å². The van der Waals surface area contributed by atoms with Crippen LogP contribution in [0.25, 0.3) is 0 Å². The lowest BCUT2D eigenvalue weighted by atomic mass is 9.96. The summed E-state index contributed by atoms with van der Waals surface area (Å²) in [6.07, 6.45) is 1.77. The molecule has 0 aromatic carbocycles. The van der Waals surface area contributed by atoms with Crippen LogP contribution in [0.1, 0.15) is 45.2 Å². The van der Waals surface area contributed by atoms with Crippen molar-refractivity contribution >= 4 is 23.2 Å². The number of thiazole rings is 1. The Bertz CT molecular complexity index is 564. The third-order valence-electron chi connectivity index (χ3n) is 3.40. The zero-order valence-electron chi connectivity index (χ0n) is 12.6. The second-order valence-electron chi connectivity index (χ2n) is 5.33. The number of amides is 1. The Morgan fingerprint density at radius 2 is 2.14 bits per heavy atom. The number of hydrogen-bond acceptors (Lipinski definition) is 4. The van der Waals surface area contributed by atoms with Crippen LogP contribution >= 0.6 is 11.3 Å². The SMILES string of the molecule is CCCC(C)(NC(=O)CCCn1c(C)csc1=O)C(=O)O. The molecule has 0 saturated carbocycles. The molecule has 0 aliphatic rings. The zero-order valence-corrected chi connectivity index (χ0v) is 13.5. The summed E-state index contributed by atoms with van der Waals surface area (Å²) in [5, 5.41) is 13.6. The average molecular weight is 314 g/mol. The van der Waals surface area contributed by atoms with E-state index in [4.69, 9.17) is 0 Å². The number of aliphatic carboxylic acids is 1. The van der Waals surface area contributed by atoms with Crippen LogP contribution in [-0.2, 0) is 16.1 Å². The van der Waals surface area contributed by atoms with Gasteiger partial charge in [-0.05, 0) is 26.7 Å². The van der Waals surface area contributed by atoms with Crippen LogP contribution in [0.2, 0.25) is 0 Å². The first-order valence-corrected chi connectivity index (χ1v) is 7.87. The Balaban J connectivity index is 2.51. The fourth-order valence-corrected chi connectivity index (χ4v) is 2.93. The Morgan fingerprint density at radius 3 is 2.62 bits per heavy atom. The minimum atomic E-state index is -1.22. The van der Waals surface area contributed by atoms with Crippen molar-refractivity contribution < 1.29 is 14.7 Å². The van der Waals surface area contributed by atoms with Gasteiger partial charge in [0.25, 0.3) is 0 Å². The monoisotopic (exact) mass is 314 g/mol. The van der Waals surface area contributed by atoms with Crippen LogP contribution < -0.4 is 10.2 Å². The van der Waals surface area contributed by atoms with Gasteiger partial charge in [0.15, 0.2) is 0 Å². The highest BCUT2D eigenvalue weighted by molar-refractivity contribution is 7.07. The van der Waals surface area contributed by atoms with Gasteiger partial charge in [0.05, 0.1) is 0 Å². The van der Waals surface area contributed by atoms with Crippen molar-refractivity contribution in [3.63, 3.8) is 0 Å². The molecule has 0 radical (unpaired) electrons. The van der Waals surface area contributed by atoms with E-state index in [-0.39, 0.29) is 17.2 Å². The quantitative estimate of drug-likeness (QED) is 0.765. The summed E-state index contributed by atoms with van der Waals surface area (Å²) in [4.78, 5) is 34.6. The first kappa shape index (κ1) is 17.4. The number of hydrogen-bond donors (Lipinski definition) is 2. The fourth-order valence-electron chi connectivity index (χ4n) is 2.17. The number of carboxylic acid groups (broad SMARTS) is 1. The molecule has 2 N–H and O–H groups in total. The summed E-state index contributed by atoms with van der Waals surface area (Å²) in [5.41, 5.74) is -0.340. The summed E-state index contributed by atoms with van der Waals surface area (Å²) in [5.74, 6) is -1.32. The molecule has 1 heterocycles. The largest absolute Gasteiger partial charge is 0.480 e. The molecule has 1 unspecified atom stereocenters. The van der Waals surface area contributed by atoms with E-state index in [1.165, 1.54) is 6.92 Å². The van der Waals surface area contributed by atoms with Crippen molar-refractivity contribution in [2.24, 2.45) is 0 Å². The molecule has 118 valence electrons. The number of nitrogens with one attached hydrogen (secondary N) is 1. The maximum absolute atomic E-state index is 11.9. The number of nitrogens with zero attached hydrogens (tertiary/aromatic N) is 1. The number of carbonyl (C=O) groups excluding carboxylic acids is 1. The van der Waals surface area contributed by atoms with Gasteiger partial charge in [-0.3, -0.25) is 9.59 Å². The molecule has 21 heavy (non-hydrogen) atoms.